The summed E-state index contributed by atoms with van der Waals surface area (Å²) in [5, 5.41) is 13.0. The Morgan fingerprint density at radius 1 is 1.00 bits per heavy atom. The van der Waals surface area contributed by atoms with Gasteiger partial charge in [-0.1, -0.05) is 29.3 Å². The van der Waals surface area contributed by atoms with Crippen molar-refractivity contribution in [2.24, 2.45) is 0 Å². The maximum atomic E-state index is 12.7. The van der Waals surface area contributed by atoms with Gasteiger partial charge in [0.15, 0.2) is 0 Å². The maximum absolute atomic E-state index is 12.7. The number of H-pyrrole nitrogens is 1. The van der Waals surface area contributed by atoms with Crippen LogP contribution in [0, 0.1) is 0 Å². The van der Waals surface area contributed by atoms with Crippen molar-refractivity contribution in [3.05, 3.63) is 93.7 Å². The molecule has 3 aromatic heterocycles. The zero-order chi connectivity index (χ0) is 22.1. The molecule has 32 heavy (non-hydrogen) atoms. The van der Waals surface area contributed by atoms with Gasteiger partial charge in [0.1, 0.15) is 11.5 Å². The van der Waals surface area contributed by atoms with E-state index in [0.29, 0.717) is 33.7 Å². The Balaban J connectivity index is 1.31. The standard InChI is InChI=1S/C23H16Cl2N6O/c24-15-2-4-19-17(10-15)21(31-30-19)12-28-23(32)20-5-6-26-22(29-20)8-13-1-3-18-14(7-13)9-16(25)11-27-18/h1-7,9-11H,8,12H2,(H,28,32)(H,30,31). The molecule has 7 nitrogen and oxygen atoms in total. The fourth-order valence-electron chi connectivity index (χ4n) is 3.49. The molecule has 158 valence electrons. The predicted molar refractivity (Wildman–Crippen MR) is 124 cm³/mol. The van der Waals surface area contributed by atoms with Crippen molar-refractivity contribution in [2.75, 3.05) is 0 Å². The van der Waals surface area contributed by atoms with Gasteiger partial charge < -0.3 is 5.32 Å². The lowest BCUT2D eigenvalue weighted by Crippen LogP contribution is -2.24. The SMILES string of the molecule is O=C(NCc1n[nH]c2ccc(Cl)cc12)c1ccnc(Cc2ccc3ncc(Cl)cc3c2)n1. The molecule has 0 spiro atoms. The second kappa shape index (κ2) is 8.53. The minimum Gasteiger partial charge on any atom is -0.345 e. The minimum absolute atomic E-state index is 0.247. The second-order valence-electron chi connectivity index (χ2n) is 7.26. The van der Waals surface area contributed by atoms with Crippen molar-refractivity contribution >= 4 is 50.9 Å². The largest absolute Gasteiger partial charge is 0.345 e. The van der Waals surface area contributed by atoms with Gasteiger partial charge in [-0.05, 0) is 48.0 Å². The minimum atomic E-state index is -0.304. The lowest BCUT2D eigenvalue weighted by atomic mass is 10.1. The number of carbonyl (C=O) groups is 1. The van der Waals surface area contributed by atoms with Gasteiger partial charge in [-0.3, -0.25) is 14.9 Å². The Labute approximate surface area is 192 Å². The second-order valence-corrected chi connectivity index (χ2v) is 8.13. The molecule has 2 aromatic carbocycles. The van der Waals surface area contributed by atoms with Crippen LogP contribution in [0.15, 0.2) is 60.9 Å². The van der Waals surface area contributed by atoms with E-state index in [0.717, 1.165) is 27.4 Å². The van der Waals surface area contributed by atoms with Crippen LogP contribution in [0.4, 0.5) is 0 Å². The van der Waals surface area contributed by atoms with Crippen LogP contribution in [0.3, 0.4) is 0 Å². The molecule has 0 bridgehead atoms. The molecule has 0 saturated heterocycles. The van der Waals surface area contributed by atoms with Crippen molar-refractivity contribution in [1.82, 2.24) is 30.5 Å². The summed E-state index contributed by atoms with van der Waals surface area (Å²) in [6, 6.07) is 14.8. The third kappa shape index (κ3) is 4.26. The van der Waals surface area contributed by atoms with Gasteiger partial charge in [-0.15, -0.1) is 0 Å². The van der Waals surface area contributed by atoms with Crippen LogP contribution in [0.1, 0.15) is 27.6 Å². The molecule has 0 aliphatic rings. The first-order chi connectivity index (χ1) is 15.5. The zero-order valence-corrected chi connectivity index (χ0v) is 18.2. The van der Waals surface area contributed by atoms with E-state index in [2.05, 4.69) is 30.5 Å². The first-order valence-corrected chi connectivity index (χ1v) is 10.6. The zero-order valence-electron chi connectivity index (χ0n) is 16.6. The molecule has 5 rings (SSSR count). The molecule has 0 fully saturated rings. The molecule has 0 aliphatic carbocycles. The number of aromatic amines is 1. The number of aromatic nitrogens is 5. The van der Waals surface area contributed by atoms with E-state index in [1.807, 2.05) is 36.4 Å². The molecule has 9 heteroatoms. The smallest absolute Gasteiger partial charge is 0.270 e. The summed E-state index contributed by atoms with van der Waals surface area (Å²) in [6.07, 6.45) is 3.68. The normalized spacial score (nSPS) is 11.2. The van der Waals surface area contributed by atoms with Gasteiger partial charge in [0.2, 0.25) is 0 Å². The van der Waals surface area contributed by atoms with Gasteiger partial charge >= 0.3 is 0 Å². The van der Waals surface area contributed by atoms with Crippen LogP contribution in [0.5, 0.6) is 0 Å². The van der Waals surface area contributed by atoms with E-state index in [4.69, 9.17) is 23.2 Å². The fraction of sp³-hybridized carbons (Fsp3) is 0.0870. The van der Waals surface area contributed by atoms with E-state index in [1.165, 1.54) is 0 Å². The summed E-state index contributed by atoms with van der Waals surface area (Å²) < 4.78 is 0. The van der Waals surface area contributed by atoms with Crippen LogP contribution >= 0.6 is 23.2 Å². The van der Waals surface area contributed by atoms with E-state index < -0.39 is 0 Å². The highest BCUT2D eigenvalue weighted by molar-refractivity contribution is 6.31. The highest BCUT2D eigenvalue weighted by Gasteiger charge is 2.12. The van der Waals surface area contributed by atoms with E-state index >= 15 is 0 Å². The van der Waals surface area contributed by atoms with Crippen LogP contribution in [0.2, 0.25) is 10.0 Å². The van der Waals surface area contributed by atoms with Gasteiger partial charge in [0.05, 0.1) is 28.3 Å². The summed E-state index contributed by atoms with van der Waals surface area (Å²) in [4.78, 5) is 25.7. The number of hydrogen-bond donors (Lipinski definition) is 2. The number of halogens is 2. The van der Waals surface area contributed by atoms with Crippen molar-refractivity contribution in [3.63, 3.8) is 0 Å². The van der Waals surface area contributed by atoms with E-state index in [1.54, 1.807) is 24.5 Å². The molecule has 0 unspecified atom stereocenters. The van der Waals surface area contributed by atoms with Gasteiger partial charge in [-0.2, -0.15) is 5.10 Å². The van der Waals surface area contributed by atoms with E-state index in [-0.39, 0.29) is 12.5 Å². The quantitative estimate of drug-likeness (QED) is 0.393. The van der Waals surface area contributed by atoms with Crippen molar-refractivity contribution in [3.8, 4) is 0 Å². The summed E-state index contributed by atoms with van der Waals surface area (Å²) in [7, 11) is 0. The third-order valence-corrected chi connectivity index (χ3v) is 5.47. The van der Waals surface area contributed by atoms with Crippen molar-refractivity contribution in [1.29, 1.82) is 0 Å². The number of rotatable bonds is 5. The number of fused-ring (bicyclic) bond motifs is 2. The first-order valence-electron chi connectivity index (χ1n) is 9.82. The van der Waals surface area contributed by atoms with Crippen LogP contribution in [-0.2, 0) is 13.0 Å². The molecule has 0 aliphatic heterocycles. The topological polar surface area (TPSA) is 96.5 Å². The molecule has 1 amide bonds. The molecule has 3 heterocycles. The molecule has 0 saturated carbocycles. The molecular weight excluding hydrogens is 447 g/mol. The Bertz CT molecular complexity index is 1470. The molecule has 2 N–H and O–H groups in total. The summed E-state index contributed by atoms with van der Waals surface area (Å²) >= 11 is 12.1. The summed E-state index contributed by atoms with van der Waals surface area (Å²) in [5.41, 5.74) is 3.71. The summed E-state index contributed by atoms with van der Waals surface area (Å²) in [6.45, 7) is 0.247. The Kier molecular flexibility index (Phi) is 5.43. The highest BCUT2D eigenvalue weighted by Crippen LogP contribution is 2.21. The van der Waals surface area contributed by atoms with Crippen molar-refractivity contribution in [2.45, 2.75) is 13.0 Å². The number of amides is 1. The number of nitrogens with zero attached hydrogens (tertiary/aromatic N) is 4. The lowest BCUT2D eigenvalue weighted by molar-refractivity contribution is 0.0945. The highest BCUT2D eigenvalue weighted by atomic mass is 35.5. The number of nitrogens with one attached hydrogen (secondary N) is 2. The van der Waals surface area contributed by atoms with Crippen LogP contribution < -0.4 is 5.32 Å². The fourth-order valence-corrected chi connectivity index (χ4v) is 3.83. The summed E-state index contributed by atoms with van der Waals surface area (Å²) in [5.74, 6) is 0.241. The van der Waals surface area contributed by atoms with Crippen LogP contribution in [0.25, 0.3) is 21.8 Å². The lowest BCUT2D eigenvalue weighted by Gasteiger charge is -2.06. The molecule has 0 radical (unpaired) electrons. The average Bonchev–Trinajstić information content (AvgIpc) is 3.19. The molecule has 5 aromatic rings. The first kappa shape index (κ1) is 20.4. The number of benzene rings is 2. The Hall–Kier alpha value is -3.55. The van der Waals surface area contributed by atoms with Crippen molar-refractivity contribution < 1.29 is 4.79 Å². The Morgan fingerprint density at radius 3 is 2.81 bits per heavy atom. The number of carbonyl (C=O) groups excluding carboxylic acids is 1. The number of hydrogen-bond acceptors (Lipinski definition) is 5. The number of pyridine rings is 1. The van der Waals surface area contributed by atoms with Gasteiger partial charge in [-0.25, -0.2) is 9.97 Å². The van der Waals surface area contributed by atoms with Gasteiger partial charge in [0.25, 0.3) is 5.91 Å². The molecule has 0 atom stereocenters. The Morgan fingerprint density at radius 2 is 1.91 bits per heavy atom. The monoisotopic (exact) mass is 462 g/mol. The van der Waals surface area contributed by atoms with Crippen LogP contribution in [-0.4, -0.2) is 31.1 Å². The third-order valence-electron chi connectivity index (χ3n) is 5.03. The van der Waals surface area contributed by atoms with Gasteiger partial charge in [0, 0.05) is 34.6 Å². The maximum Gasteiger partial charge on any atom is 0.270 e. The predicted octanol–water partition coefficient (Wildman–Crippen LogP) is 4.73. The molecular formula is C23H16Cl2N6O. The average molecular weight is 463 g/mol. The van der Waals surface area contributed by atoms with E-state index in [9.17, 15) is 4.79 Å².